The van der Waals surface area contributed by atoms with Crippen LogP contribution in [0.2, 0.25) is 0 Å². The van der Waals surface area contributed by atoms with Crippen LogP contribution in [-0.4, -0.2) is 47.5 Å². The predicted octanol–water partition coefficient (Wildman–Crippen LogP) is 3.58. The second-order valence-corrected chi connectivity index (χ2v) is 12.6. The van der Waals surface area contributed by atoms with E-state index >= 15 is 0 Å². The summed E-state index contributed by atoms with van der Waals surface area (Å²) in [5.41, 5.74) is -0.346. The van der Waals surface area contributed by atoms with Gasteiger partial charge in [-0.3, -0.25) is 4.79 Å². The van der Waals surface area contributed by atoms with Gasteiger partial charge >= 0.3 is 13.6 Å². The normalized spacial score (nSPS) is 22.8. The summed E-state index contributed by atoms with van der Waals surface area (Å²) in [5, 5.41) is 3.01. The van der Waals surface area contributed by atoms with E-state index in [9.17, 15) is 9.59 Å². The van der Waals surface area contributed by atoms with Crippen LogP contribution in [0.1, 0.15) is 68.2 Å². The summed E-state index contributed by atoms with van der Waals surface area (Å²) in [6.07, 6.45) is 1.06. The molecule has 6 nitrogen and oxygen atoms in total. The Bertz CT molecular complexity index is 885. The summed E-state index contributed by atoms with van der Waals surface area (Å²) in [5.74, 6) is 0.0676. The summed E-state index contributed by atoms with van der Waals surface area (Å²) in [4.78, 5) is 27.6. The second kappa shape index (κ2) is 7.98. The Labute approximate surface area is 198 Å². The van der Waals surface area contributed by atoms with E-state index in [1.807, 2.05) is 79.7 Å². The Hall–Kier alpha value is -1.67. The SMILES string of the molecule is CC(C)(C)OC(=O)NC1(C)CN(c2ccc(BOC(C)(C)C(C)(C)S)cc2)C(=O)C12CC2. The fourth-order valence-corrected chi connectivity index (χ4v) is 4.10. The highest BCUT2D eigenvalue weighted by molar-refractivity contribution is 7.81. The van der Waals surface area contributed by atoms with E-state index in [2.05, 4.69) is 17.9 Å². The highest BCUT2D eigenvalue weighted by atomic mass is 32.1. The third-order valence-electron chi connectivity index (χ3n) is 7.03. The van der Waals surface area contributed by atoms with E-state index < -0.39 is 28.2 Å². The van der Waals surface area contributed by atoms with Crippen LogP contribution in [-0.2, 0) is 14.2 Å². The molecule has 3 rings (SSSR count). The van der Waals surface area contributed by atoms with Crippen molar-refractivity contribution in [2.45, 2.75) is 89.7 Å². The maximum Gasteiger partial charge on any atom is 0.408 e. The molecule has 32 heavy (non-hydrogen) atoms. The summed E-state index contributed by atoms with van der Waals surface area (Å²) >= 11 is 4.64. The number of carbonyl (C=O) groups excluding carboxylic acids is 2. The molecule has 1 heterocycles. The average Bonchev–Trinajstić information content (AvgIpc) is 3.41. The molecule has 1 atom stereocenters. The molecule has 1 saturated heterocycles. The number of hydrogen-bond acceptors (Lipinski definition) is 5. The third-order valence-corrected chi connectivity index (χ3v) is 7.57. The number of amides is 2. The molecule has 0 bridgehead atoms. The van der Waals surface area contributed by atoms with E-state index in [0.29, 0.717) is 14.0 Å². The first-order chi connectivity index (χ1) is 14.5. The van der Waals surface area contributed by atoms with Crippen molar-refractivity contribution in [2.75, 3.05) is 11.4 Å². The number of ether oxygens (including phenoxy) is 1. The van der Waals surface area contributed by atoms with Gasteiger partial charge in [-0.2, -0.15) is 12.6 Å². The Kier molecular flexibility index (Phi) is 6.22. The largest absolute Gasteiger partial charge is 0.444 e. The van der Waals surface area contributed by atoms with Crippen molar-refractivity contribution in [1.29, 1.82) is 0 Å². The van der Waals surface area contributed by atoms with Crippen molar-refractivity contribution < 1.29 is 19.0 Å². The molecule has 1 aliphatic carbocycles. The summed E-state index contributed by atoms with van der Waals surface area (Å²) in [7, 11) is 0.465. The number of anilines is 1. The van der Waals surface area contributed by atoms with Crippen LogP contribution in [0, 0.1) is 5.41 Å². The van der Waals surface area contributed by atoms with Crippen LogP contribution in [0.3, 0.4) is 0 Å². The minimum Gasteiger partial charge on any atom is -0.444 e. The van der Waals surface area contributed by atoms with Crippen molar-refractivity contribution >= 4 is 43.3 Å². The van der Waals surface area contributed by atoms with Crippen molar-refractivity contribution in [3.8, 4) is 0 Å². The number of hydrogen-bond donors (Lipinski definition) is 2. The van der Waals surface area contributed by atoms with E-state index in [4.69, 9.17) is 9.39 Å². The van der Waals surface area contributed by atoms with Crippen molar-refractivity contribution in [3.63, 3.8) is 0 Å². The van der Waals surface area contributed by atoms with Crippen LogP contribution in [0.4, 0.5) is 10.5 Å². The van der Waals surface area contributed by atoms with Crippen LogP contribution < -0.4 is 15.7 Å². The van der Waals surface area contributed by atoms with Crippen molar-refractivity contribution in [3.05, 3.63) is 24.3 Å². The molecular formula is C24H37BN2O4S. The lowest BCUT2D eigenvalue weighted by Crippen LogP contribution is -2.54. The molecule has 2 aliphatic rings. The minimum atomic E-state index is -0.670. The van der Waals surface area contributed by atoms with Gasteiger partial charge in [0.25, 0.3) is 0 Å². The van der Waals surface area contributed by atoms with Gasteiger partial charge in [-0.1, -0.05) is 17.6 Å². The van der Waals surface area contributed by atoms with Gasteiger partial charge in [0.05, 0.1) is 16.6 Å². The average molecular weight is 460 g/mol. The molecule has 0 aromatic heterocycles. The number of thiol groups is 1. The Morgan fingerprint density at radius 2 is 1.66 bits per heavy atom. The Morgan fingerprint density at radius 3 is 2.12 bits per heavy atom. The van der Waals surface area contributed by atoms with Gasteiger partial charge in [-0.05, 0) is 80.4 Å². The Morgan fingerprint density at radius 1 is 1.09 bits per heavy atom. The molecule has 8 heteroatoms. The zero-order valence-corrected chi connectivity index (χ0v) is 21.6. The fourth-order valence-electron chi connectivity index (χ4n) is 4.03. The van der Waals surface area contributed by atoms with Gasteiger partial charge in [-0.25, -0.2) is 4.79 Å². The van der Waals surface area contributed by atoms with E-state index in [0.717, 1.165) is 24.0 Å². The van der Waals surface area contributed by atoms with E-state index in [1.165, 1.54) is 0 Å². The van der Waals surface area contributed by atoms with Crippen molar-refractivity contribution in [2.24, 2.45) is 5.41 Å². The molecule has 176 valence electrons. The van der Waals surface area contributed by atoms with Crippen molar-refractivity contribution in [1.82, 2.24) is 5.32 Å². The lowest BCUT2D eigenvalue weighted by atomic mass is 9.84. The quantitative estimate of drug-likeness (QED) is 0.503. The van der Waals surface area contributed by atoms with Gasteiger partial charge in [0.15, 0.2) is 0 Å². The van der Waals surface area contributed by atoms with Crippen LogP contribution in [0.25, 0.3) is 0 Å². The minimum absolute atomic E-state index is 0.0676. The monoisotopic (exact) mass is 460 g/mol. The van der Waals surface area contributed by atoms with E-state index in [1.54, 1.807) is 4.90 Å². The zero-order valence-electron chi connectivity index (χ0n) is 20.7. The van der Waals surface area contributed by atoms with Gasteiger partial charge in [0, 0.05) is 17.0 Å². The summed E-state index contributed by atoms with van der Waals surface area (Å²) < 4.78 is 11.3. The molecule has 0 radical (unpaired) electrons. The topological polar surface area (TPSA) is 67.9 Å². The Balaban J connectivity index is 1.71. The maximum atomic E-state index is 13.3. The smallest absolute Gasteiger partial charge is 0.408 e. The van der Waals surface area contributed by atoms with Crippen LogP contribution in [0.15, 0.2) is 24.3 Å². The maximum absolute atomic E-state index is 13.3. The molecule has 1 aromatic carbocycles. The molecule has 1 N–H and O–H groups in total. The first kappa shape index (κ1) is 25.0. The molecule has 1 unspecified atom stereocenters. The fraction of sp³-hybridized carbons (Fsp3) is 0.667. The number of nitrogens with one attached hydrogen (secondary N) is 1. The van der Waals surface area contributed by atoms with Crippen LogP contribution >= 0.6 is 12.6 Å². The molecule has 2 fully saturated rings. The van der Waals surface area contributed by atoms with Gasteiger partial charge < -0.3 is 19.6 Å². The molecular weight excluding hydrogens is 423 g/mol. The lowest BCUT2D eigenvalue weighted by molar-refractivity contribution is -0.122. The van der Waals surface area contributed by atoms with Gasteiger partial charge in [-0.15, -0.1) is 0 Å². The number of rotatable bonds is 6. The zero-order chi connectivity index (χ0) is 24.2. The highest BCUT2D eigenvalue weighted by Gasteiger charge is 2.69. The van der Waals surface area contributed by atoms with Crippen LogP contribution in [0.5, 0.6) is 0 Å². The molecule has 1 aromatic rings. The predicted molar refractivity (Wildman–Crippen MR) is 133 cm³/mol. The van der Waals surface area contributed by atoms with Gasteiger partial charge in [0.2, 0.25) is 5.91 Å². The number of nitrogens with zero attached hydrogens (tertiary/aromatic N) is 1. The third kappa shape index (κ3) is 4.81. The molecule has 2 amide bonds. The lowest BCUT2D eigenvalue weighted by Gasteiger charge is -2.38. The molecule has 1 spiro atoms. The highest BCUT2D eigenvalue weighted by Crippen LogP contribution is 2.59. The first-order valence-corrected chi connectivity index (χ1v) is 11.7. The number of benzene rings is 1. The number of alkyl carbamates (subject to hydrolysis) is 1. The number of carbonyl (C=O) groups is 2. The second-order valence-electron chi connectivity index (χ2n) is 11.5. The summed E-state index contributed by atoms with van der Waals surface area (Å²) in [6.45, 7) is 16.0. The first-order valence-electron chi connectivity index (χ1n) is 11.3. The molecule has 1 saturated carbocycles. The van der Waals surface area contributed by atoms with Gasteiger partial charge in [0.1, 0.15) is 5.60 Å². The van der Waals surface area contributed by atoms with E-state index in [-0.39, 0.29) is 10.7 Å². The standard InChI is InChI=1S/C24H37BN2O4S/c1-20(2,3)30-19(29)26-23(8)15-27(18(28)24(23)13-14-24)17-11-9-16(10-12-17)25-31-21(4,5)22(6,7)32/h9-12,25,32H,13-15H2,1-8H3,(H,26,29). The molecule has 1 aliphatic heterocycles. The summed E-state index contributed by atoms with van der Waals surface area (Å²) in [6, 6.07) is 7.87.